The highest BCUT2D eigenvalue weighted by molar-refractivity contribution is 4.70. The predicted octanol–water partition coefficient (Wildman–Crippen LogP) is 0.663. The Morgan fingerprint density at radius 1 is 1.44 bits per heavy atom. The lowest BCUT2D eigenvalue weighted by molar-refractivity contribution is -0.0454. The van der Waals surface area contributed by atoms with Crippen LogP contribution in [0.1, 0.15) is 12.8 Å². The molecule has 0 bridgehead atoms. The van der Waals surface area contributed by atoms with Crippen LogP contribution in [0.3, 0.4) is 0 Å². The molecule has 1 rings (SSSR count). The second-order valence-electron chi connectivity index (χ2n) is 1.87. The molecule has 0 unspecified atom stereocenters. The van der Waals surface area contributed by atoms with Gasteiger partial charge in [-0.3, -0.25) is 0 Å². The van der Waals surface area contributed by atoms with E-state index in [1.165, 1.54) is 0 Å². The number of rotatable bonds is 2. The van der Waals surface area contributed by atoms with E-state index in [9.17, 15) is 0 Å². The maximum absolute atomic E-state index is 8.17. The summed E-state index contributed by atoms with van der Waals surface area (Å²) in [4.78, 5) is 0. The molecule has 1 heterocycles. The van der Waals surface area contributed by atoms with E-state index in [1.54, 1.807) is 0 Å². The molecule has 0 amide bonds. The fourth-order valence-corrected chi connectivity index (χ4v) is 0.756. The predicted molar refractivity (Wildman–Crippen MR) is 30.5 cm³/mol. The summed E-state index contributed by atoms with van der Waals surface area (Å²) in [6, 6.07) is 2.03. The zero-order valence-corrected chi connectivity index (χ0v) is 5.17. The topological polar surface area (TPSA) is 42.2 Å². The Hall–Kier alpha value is -0.590. The molecule has 0 N–H and O–H groups in total. The first-order valence-electron chi connectivity index (χ1n) is 3.03. The zero-order chi connectivity index (χ0) is 6.53. The van der Waals surface area contributed by atoms with Crippen LogP contribution in [0, 0.1) is 11.3 Å². The quantitative estimate of drug-likeness (QED) is 0.513. The fourth-order valence-electron chi connectivity index (χ4n) is 0.756. The molecule has 0 atom stereocenters. The van der Waals surface area contributed by atoms with E-state index in [2.05, 4.69) is 0 Å². The second-order valence-corrected chi connectivity index (χ2v) is 1.87. The van der Waals surface area contributed by atoms with Crippen LogP contribution in [-0.2, 0) is 9.47 Å². The standard InChI is InChI=1S/C6H9NO2/c7-3-1-2-6-8-4-5-9-6/h6H,1-2,4-5H2/i3+1. The van der Waals surface area contributed by atoms with Gasteiger partial charge in [0, 0.05) is 12.8 Å². The van der Waals surface area contributed by atoms with Gasteiger partial charge in [-0.2, -0.15) is 5.26 Å². The summed E-state index contributed by atoms with van der Waals surface area (Å²) >= 11 is 0. The Morgan fingerprint density at radius 3 is 2.67 bits per heavy atom. The van der Waals surface area contributed by atoms with Crippen molar-refractivity contribution in [1.82, 2.24) is 0 Å². The minimum atomic E-state index is -0.107. The molecular weight excluding hydrogens is 119 g/mol. The van der Waals surface area contributed by atoms with Gasteiger partial charge in [-0.15, -0.1) is 0 Å². The van der Waals surface area contributed by atoms with Gasteiger partial charge < -0.3 is 9.47 Å². The van der Waals surface area contributed by atoms with Crippen molar-refractivity contribution < 1.29 is 9.47 Å². The van der Waals surface area contributed by atoms with Gasteiger partial charge >= 0.3 is 0 Å². The Bertz CT molecular complexity index is 113. The first-order chi connectivity index (χ1) is 4.43. The maximum Gasteiger partial charge on any atom is 0.158 e. The SMILES string of the molecule is N#[13C]CCC1OCCO1. The Kier molecular flexibility index (Phi) is 2.49. The summed E-state index contributed by atoms with van der Waals surface area (Å²) in [7, 11) is 0. The lowest BCUT2D eigenvalue weighted by atomic mass is 10.4. The molecule has 1 aliphatic rings. The molecule has 0 saturated carbocycles. The average Bonchev–Trinajstić information content (AvgIpc) is 2.34. The van der Waals surface area contributed by atoms with Gasteiger partial charge in [0.2, 0.25) is 0 Å². The van der Waals surface area contributed by atoms with E-state index in [0.717, 1.165) is 0 Å². The smallest absolute Gasteiger partial charge is 0.158 e. The molecule has 50 valence electrons. The molecule has 0 aromatic carbocycles. The summed E-state index contributed by atoms with van der Waals surface area (Å²) in [5.74, 6) is 0. The average molecular weight is 128 g/mol. The van der Waals surface area contributed by atoms with E-state index in [0.29, 0.717) is 26.1 Å². The van der Waals surface area contributed by atoms with Gasteiger partial charge in [-0.25, -0.2) is 0 Å². The van der Waals surface area contributed by atoms with E-state index in [4.69, 9.17) is 14.7 Å². The molecule has 1 aliphatic heterocycles. The third kappa shape index (κ3) is 2.00. The monoisotopic (exact) mass is 128 g/mol. The number of hydrogen-bond acceptors (Lipinski definition) is 3. The number of nitriles is 1. The van der Waals surface area contributed by atoms with Gasteiger partial charge in [0.1, 0.15) is 0 Å². The van der Waals surface area contributed by atoms with Gasteiger partial charge in [-0.05, 0) is 0 Å². The highest BCUT2D eigenvalue weighted by atomic mass is 16.7. The van der Waals surface area contributed by atoms with Gasteiger partial charge in [0.15, 0.2) is 6.29 Å². The van der Waals surface area contributed by atoms with E-state index < -0.39 is 0 Å². The van der Waals surface area contributed by atoms with Crippen LogP contribution in [0.5, 0.6) is 0 Å². The fraction of sp³-hybridized carbons (Fsp3) is 0.833. The zero-order valence-electron chi connectivity index (χ0n) is 5.17. The minimum absolute atomic E-state index is 0.107. The summed E-state index contributed by atoms with van der Waals surface area (Å²) in [5, 5.41) is 8.17. The normalized spacial score (nSPS) is 19.9. The third-order valence-electron chi connectivity index (χ3n) is 1.18. The third-order valence-corrected chi connectivity index (χ3v) is 1.18. The van der Waals surface area contributed by atoms with Crippen molar-refractivity contribution in [2.24, 2.45) is 0 Å². The first kappa shape index (κ1) is 6.53. The number of hydrogen-bond donors (Lipinski definition) is 0. The van der Waals surface area contributed by atoms with Gasteiger partial charge in [0.25, 0.3) is 0 Å². The van der Waals surface area contributed by atoms with E-state index in [-0.39, 0.29) is 6.29 Å². The van der Waals surface area contributed by atoms with Crippen molar-refractivity contribution in [3.8, 4) is 6.07 Å². The van der Waals surface area contributed by atoms with Gasteiger partial charge in [0.05, 0.1) is 19.3 Å². The summed E-state index contributed by atoms with van der Waals surface area (Å²) in [6.07, 6.45) is 1.12. The van der Waals surface area contributed by atoms with Crippen LogP contribution in [0.15, 0.2) is 0 Å². The maximum atomic E-state index is 8.17. The highest BCUT2D eigenvalue weighted by Gasteiger charge is 2.14. The second kappa shape index (κ2) is 3.44. The molecule has 0 aromatic heterocycles. The van der Waals surface area contributed by atoms with Crippen LogP contribution in [-0.4, -0.2) is 19.5 Å². The summed E-state index contributed by atoms with van der Waals surface area (Å²) in [5.41, 5.74) is 0. The van der Waals surface area contributed by atoms with Crippen LogP contribution >= 0.6 is 0 Å². The van der Waals surface area contributed by atoms with Gasteiger partial charge in [-0.1, -0.05) is 0 Å². The van der Waals surface area contributed by atoms with Crippen LogP contribution in [0.2, 0.25) is 0 Å². The number of nitrogens with zero attached hydrogens (tertiary/aromatic N) is 1. The summed E-state index contributed by atoms with van der Waals surface area (Å²) in [6.45, 7) is 1.35. The molecule has 3 nitrogen and oxygen atoms in total. The Balaban J connectivity index is 2.06. The van der Waals surface area contributed by atoms with Crippen LogP contribution < -0.4 is 0 Å². The molecule has 1 saturated heterocycles. The molecule has 0 aromatic rings. The molecule has 9 heavy (non-hydrogen) atoms. The minimum Gasteiger partial charge on any atom is -0.350 e. The number of ether oxygens (including phenoxy) is 2. The highest BCUT2D eigenvalue weighted by Crippen LogP contribution is 2.08. The largest absolute Gasteiger partial charge is 0.350 e. The lowest BCUT2D eigenvalue weighted by Crippen LogP contribution is -2.05. The van der Waals surface area contributed by atoms with Crippen LogP contribution in [0.25, 0.3) is 0 Å². The van der Waals surface area contributed by atoms with E-state index in [1.807, 2.05) is 6.07 Å². The van der Waals surface area contributed by atoms with E-state index >= 15 is 0 Å². The van der Waals surface area contributed by atoms with Crippen molar-refractivity contribution in [3.05, 3.63) is 0 Å². The van der Waals surface area contributed by atoms with Crippen molar-refractivity contribution in [3.63, 3.8) is 0 Å². The first-order valence-corrected chi connectivity index (χ1v) is 3.03. The van der Waals surface area contributed by atoms with Crippen LogP contribution in [0.4, 0.5) is 0 Å². The Morgan fingerprint density at radius 2 is 2.11 bits per heavy atom. The Labute approximate surface area is 54.2 Å². The lowest BCUT2D eigenvalue weighted by Gasteiger charge is -2.03. The van der Waals surface area contributed by atoms with Crippen molar-refractivity contribution in [2.45, 2.75) is 19.1 Å². The molecular formula is C6H9NO2. The van der Waals surface area contributed by atoms with Crippen molar-refractivity contribution in [2.75, 3.05) is 13.2 Å². The molecule has 0 radical (unpaired) electrons. The molecule has 0 spiro atoms. The molecule has 3 heteroatoms. The van der Waals surface area contributed by atoms with Crippen molar-refractivity contribution >= 4 is 0 Å². The summed E-state index contributed by atoms with van der Waals surface area (Å²) < 4.78 is 10.2. The van der Waals surface area contributed by atoms with Crippen molar-refractivity contribution in [1.29, 1.82) is 5.26 Å². The molecule has 0 aliphatic carbocycles. The molecule has 1 fully saturated rings.